The van der Waals surface area contributed by atoms with Crippen LogP contribution in [0.1, 0.15) is 6.92 Å². The zero-order chi connectivity index (χ0) is 13.5. The van der Waals surface area contributed by atoms with E-state index in [9.17, 15) is 18.0 Å². The molecule has 1 aliphatic rings. The predicted octanol–water partition coefficient (Wildman–Crippen LogP) is 3.61. The summed E-state index contributed by atoms with van der Waals surface area (Å²) in [5.41, 5.74) is 0.502. The van der Waals surface area contributed by atoms with E-state index in [1.54, 1.807) is 24.3 Å². The van der Waals surface area contributed by atoms with Crippen LogP contribution in [-0.2, 0) is 4.79 Å². The molecule has 1 aromatic rings. The summed E-state index contributed by atoms with van der Waals surface area (Å²) in [5.74, 6) is -3.08. The Hall–Kier alpha value is -1.04. The number of halogens is 4. The highest BCUT2D eigenvalue weighted by molar-refractivity contribution is 9.10. The number of carbonyl (C=O) groups is 1. The third kappa shape index (κ3) is 2.39. The van der Waals surface area contributed by atoms with Crippen LogP contribution in [0.25, 0.3) is 0 Å². The summed E-state index contributed by atoms with van der Waals surface area (Å²) >= 11 is 3.24. The van der Waals surface area contributed by atoms with Crippen molar-refractivity contribution in [2.45, 2.75) is 13.1 Å². The maximum absolute atomic E-state index is 12.8. The van der Waals surface area contributed by atoms with Crippen LogP contribution < -0.4 is 4.90 Å². The van der Waals surface area contributed by atoms with Gasteiger partial charge in [-0.05, 0) is 24.3 Å². The maximum Gasteiger partial charge on any atom is 0.394 e. The number of hydrogen-bond donors (Lipinski definition) is 0. The van der Waals surface area contributed by atoms with Crippen LogP contribution in [0.5, 0.6) is 0 Å². The van der Waals surface area contributed by atoms with Crippen molar-refractivity contribution in [2.75, 3.05) is 11.4 Å². The molecule has 0 aliphatic carbocycles. The van der Waals surface area contributed by atoms with Crippen molar-refractivity contribution in [3.63, 3.8) is 0 Å². The summed E-state index contributed by atoms with van der Waals surface area (Å²) < 4.78 is 39.1. The number of hydrogen-bond acceptors (Lipinski definition) is 1. The van der Waals surface area contributed by atoms with Crippen molar-refractivity contribution >= 4 is 27.5 Å². The normalized spacial score (nSPS) is 24.7. The minimum atomic E-state index is -4.33. The molecule has 98 valence electrons. The van der Waals surface area contributed by atoms with Gasteiger partial charge in [0.15, 0.2) is 0 Å². The third-order valence-corrected chi connectivity index (χ3v) is 3.73. The Labute approximate surface area is 111 Å². The van der Waals surface area contributed by atoms with Gasteiger partial charge in [0.2, 0.25) is 5.91 Å². The molecule has 1 aromatic carbocycles. The van der Waals surface area contributed by atoms with E-state index in [2.05, 4.69) is 15.9 Å². The summed E-state index contributed by atoms with van der Waals surface area (Å²) in [4.78, 5) is 13.1. The van der Waals surface area contributed by atoms with E-state index in [0.717, 1.165) is 4.47 Å². The Bertz CT molecular complexity index is 457. The number of carbonyl (C=O) groups excluding carboxylic acids is 1. The highest BCUT2D eigenvalue weighted by Gasteiger charge is 2.52. The van der Waals surface area contributed by atoms with E-state index in [1.807, 2.05) is 0 Å². The van der Waals surface area contributed by atoms with Gasteiger partial charge in [0.1, 0.15) is 0 Å². The second-order valence-electron chi connectivity index (χ2n) is 4.36. The van der Waals surface area contributed by atoms with Crippen molar-refractivity contribution in [3.8, 4) is 0 Å². The van der Waals surface area contributed by atoms with E-state index in [-0.39, 0.29) is 6.54 Å². The Balaban J connectivity index is 2.26. The van der Waals surface area contributed by atoms with Crippen LogP contribution in [0, 0.1) is 11.8 Å². The minimum absolute atomic E-state index is 0.300. The van der Waals surface area contributed by atoms with Gasteiger partial charge in [0.05, 0.1) is 5.92 Å². The van der Waals surface area contributed by atoms with Crippen LogP contribution in [0.3, 0.4) is 0 Å². The molecule has 2 unspecified atom stereocenters. The first-order valence-corrected chi connectivity index (χ1v) is 6.23. The summed E-state index contributed by atoms with van der Waals surface area (Å²) in [6.07, 6.45) is -4.33. The monoisotopic (exact) mass is 321 g/mol. The molecule has 0 N–H and O–H groups in total. The van der Waals surface area contributed by atoms with Crippen molar-refractivity contribution in [1.29, 1.82) is 0 Å². The molecule has 1 heterocycles. The number of alkyl halides is 3. The van der Waals surface area contributed by atoms with Crippen LogP contribution in [0.2, 0.25) is 0 Å². The molecule has 0 radical (unpaired) electrons. The predicted molar refractivity (Wildman–Crippen MR) is 65.2 cm³/mol. The molecule has 0 bridgehead atoms. The molecular formula is C12H11BrF3NO. The summed E-state index contributed by atoms with van der Waals surface area (Å²) in [5, 5.41) is 0. The van der Waals surface area contributed by atoms with Crippen molar-refractivity contribution < 1.29 is 18.0 Å². The molecule has 2 nitrogen and oxygen atoms in total. The van der Waals surface area contributed by atoms with Gasteiger partial charge in [0, 0.05) is 22.6 Å². The molecule has 0 spiro atoms. The average Bonchev–Trinajstić information content (AvgIpc) is 2.57. The molecule has 0 aromatic heterocycles. The van der Waals surface area contributed by atoms with Gasteiger partial charge < -0.3 is 4.90 Å². The molecular weight excluding hydrogens is 311 g/mol. The SMILES string of the molecule is CC1C(=O)N(c2ccc(Br)cc2)CC1C(F)(F)F. The Morgan fingerprint density at radius 1 is 1.28 bits per heavy atom. The first-order chi connectivity index (χ1) is 8.30. The third-order valence-electron chi connectivity index (χ3n) is 3.20. The van der Waals surface area contributed by atoms with Gasteiger partial charge in [-0.1, -0.05) is 22.9 Å². The van der Waals surface area contributed by atoms with Gasteiger partial charge in [-0.15, -0.1) is 0 Å². The Morgan fingerprint density at radius 3 is 2.28 bits per heavy atom. The van der Waals surface area contributed by atoms with E-state index in [4.69, 9.17) is 0 Å². The van der Waals surface area contributed by atoms with Gasteiger partial charge in [-0.25, -0.2) is 0 Å². The Morgan fingerprint density at radius 2 is 1.83 bits per heavy atom. The number of rotatable bonds is 1. The fraction of sp³-hybridized carbons (Fsp3) is 0.417. The number of benzene rings is 1. The smallest absolute Gasteiger partial charge is 0.312 e. The molecule has 18 heavy (non-hydrogen) atoms. The Kier molecular flexibility index (Phi) is 3.40. The molecule has 6 heteroatoms. The first kappa shape index (κ1) is 13.4. The topological polar surface area (TPSA) is 20.3 Å². The lowest BCUT2D eigenvalue weighted by molar-refractivity contribution is -0.179. The second kappa shape index (κ2) is 4.57. The summed E-state index contributed by atoms with van der Waals surface area (Å²) in [6, 6.07) is 6.67. The quantitative estimate of drug-likeness (QED) is 0.773. The highest BCUT2D eigenvalue weighted by atomic mass is 79.9. The molecule has 2 atom stereocenters. The van der Waals surface area contributed by atoms with Gasteiger partial charge >= 0.3 is 6.18 Å². The van der Waals surface area contributed by atoms with Crippen LogP contribution in [0.15, 0.2) is 28.7 Å². The summed E-state index contributed by atoms with van der Waals surface area (Å²) in [6.45, 7) is 1.03. The lowest BCUT2D eigenvalue weighted by atomic mass is 9.97. The highest BCUT2D eigenvalue weighted by Crippen LogP contribution is 2.39. The van der Waals surface area contributed by atoms with E-state index in [1.165, 1.54) is 11.8 Å². The van der Waals surface area contributed by atoms with Crippen molar-refractivity contribution in [2.24, 2.45) is 11.8 Å². The summed E-state index contributed by atoms with van der Waals surface area (Å²) in [7, 11) is 0. The lowest BCUT2D eigenvalue weighted by Crippen LogP contribution is -2.29. The molecule has 1 aliphatic heterocycles. The van der Waals surface area contributed by atoms with Crippen molar-refractivity contribution in [3.05, 3.63) is 28.7 Å². The number of amides is 1. The molecule has 2 rings (SSSR count). The lowest BCUT2D eigenvalue weighted by Gasteiger charge is -2.18. The maximum atomic E-state index is 12.8. The molecule has 0 saturated carbocycles. The minimum Gasteiger partial charge on any atom is -0.312 e. The van der Waals surface area contributed by atoms with Gasteiger partial charge in [-0.3, -0.25) is 4.79 Å². The first-order valence-electron chi connectivity index (χ1n) is 5.44. The van der Waals surface area contributed by atoms with E-state index >= 15 is 0 Å². The van der Waals surface area contributed by atoms with Gasteiger partial charge in [0.25, 0.3) is 0 Å². The molecule has 1 amide bonds. The fourth-order valence-electron chi connectivity index (χ4n) is 2.10. The average molecular weight is 322 g/mol. The number of anilines is 1. The molecule has 1 fully saturated rings. The fourth-order valence-corrected chi connectivity index (χ4v) is 2.37. The van der Waals surface area contributed by atoms with Crippen LogP contribution in [-0.4, -0.2) is 18.6 Å². The van der Waals surface area contributed by atoms with Crippen LogP contribution in [0.4, 0.5) is 18.9 Å². The van der Waals surface area contributed by atoms with E-state index in [0.29, 0.717) is 5.69 Å². The second-order valence-corrected chi connectivity index (χ2v) is 5.28. The number of nitrogens with zero attached hydrogens (tertiary/aromatic N) is 1. The van der Waals surface area contributed by atoms with Crippen LogP contribution >= 0.6 is 15.9 Å². The van der Waals surface area contributed by atoms with E-state index < -0.39 is 23.9 Å². The standard InChI is InChI=1S/C12H11BrF3NO/c1-7-10(12(14,15)16)6-17(11(7)18)9-4-2-8(13)3-5-9/h2-5,7,10H,6H2,1H3. The van der Waals surface area contributed by atoms with Crippen molar-refractivity contribution in [1.82, 2.24) is 0 Å². The zero-order valence-electron chi connectivity index (χ0n) is 9.54. The molecule has 1 saturated heterocycles. The van der Waals surface area contributed by atoms with Gasteiger partial charge in [-0.2, -0.15) is 13.2 Å². The largest absolute Gasteiger partial charge is 0.394 e. The zero-order valence-corrected chi connectivity index (χ0v) is 11.1.